The maximum absolute atomic E-state index is 13.4. The number of nitrogens with one attached hydrogen (secondary N) is 1. The number of carbonyl (C=O) groups excluding carboxylic acids is 1. The Morgan fingerprint density at radius 3 is 2.70 bits per heavy atom. The molecular formula is C14H15F2NO3. The van der Waals surface area contributed by atoms with Gasteiger partial charge >= 0.3 is 5.97 Å². The highest BCUT2D eigenvalue weighted by molar-refractivity contribution is 5.96. The summed E-state index contributed by atoms with van der Waals surface area (Å²) in [6.07, 6.45) is 2.94. The van der Waals surface area contributed by atoms with E-state index in [-0.39, 0.29) is 6.42 Å². The molecule has 1 amide bonds. The summed E-state index contributed by atoms with van der Waals surface area (Å²) in [6, 6.07) is 2.01. The molecule has 0 aliphatic heterocycles. The Bertz CT molecular complexity index is 517. The van der Waals surface area contributed by atoms with Gasteiger partial charge in [0.25, 0.3) is 5.91 Å². The fraction of sp³-hybridized carbons (Fsp3) is 0.286. The summed E-state index contributed by atoms with van der Waals surface area (Å²) in [5.41, 5.74) is -0.514. The van der Waals surface area contributed by atoms with Gasteiger partial charge in [0.15, 0.2) is 11.6 Å². The fourth-order valence-electron chi connectivity index (χ4n) is 1.64. The van der Waals surface area contributed by atoms with Gasteiger partial charge in [0.05, 0.1) is 5.56 Å². The number of carboxylic acids is 1. The van der Waals surface area contributed by atoms with E-state index in [9.17, 15) is 18.4 Å². The number of unbranched alkanes of at least 4 members (excludes halogenated alkanes) is 1. The number of carboxylic acid groups (broad SMARTS) is 1. The Labute approximate surface area is 115 Å². The number of hydrogen-bond donors (Lipinski definition) is 2. The lowest BCUT2D eigenvalue weighted by Gasteiger charge is -2.14. The third kappa shape index (κ3) is 4.15. The van der Waals surface area contributed by atoms with E-state index < -0.39 is 35.1 Å². The van der Waals surface area contributed by atoms with E-state index in [0.29, 0.717) is 12.8 Å². The minimum Gasteiger partial charge on any atom is -0.480 e. The van der Waals surface area contributed by atoms with E-state index in [1.54, 1.807) is 6.08 Å². The van der Waals surface area contributed by atoms with Crippen LogP contribution in [0, 0.1) is 11.6 Å². The summed E-state index contributed by atoms with van der Waals surface area (Å²) in [7, 11) is 0. The second kappa shape index (κ2) is 7.37. The van der Waals surface area contributed by atoms with Gasteiger partial charge in [-0.25, -0.2) is 13.6 Å². The topological polar surface area (TPSA) is 66.4 Å². The first kappa shape index (κ1) is 15.8. The lowest BCUT2D eigenvalue weighted by Crippen LogP contribution is -2.41. The van der Waals surface area contributed by atoms with Crippen LogP contribution in [0.1, 0.15) is 29.6 Å². The van der Waals surface area contributed by atoms with Crippen molar-refractivity contribution in [1.82, 2.24) is 5.32 Å². The van der Waals surface area contributed by atoms with Crippen LogP contribution in [0.2, 0.25) is 0 Å². The summed E-state index contributed by atoms with van der Waals surface area (Å²) in [5.74, 6) is -4.62. The maximum atomic E-state index is 13.4. The molecule has 0 heterocycles. The van der Waals surface area contributed by atoms with Crippen LogP contribution in [0.3, 0.4) is 0 Å². The molecule has 0 spiro atoms. The number of carbonyl (C=O) groups is 2. The molecule has 0 aliphatic carbocycles. The van der Waals surface area contributed by atoms with E-state index in [2.05, 4.69) is 11.9 Å². The van der Waals surface area contributed by atoms with Crippen molar-refractivity contribution in [3.63, 3.8) is 0 Å². The Balaban J connectivity index is 2.77. The maximum Gasteiger partial charge on any atom is 0.326 e. The summed E-state index contributed by atoms with van der Waals surface area (Å²) < 4.78 is 26.4. The van der Waals surface area contributed by atoms with Crippen molar-refractivity contribution in [2.24, 2.45) is 0 Å². The van der Waals surface area contributed by atoms with Gasteiger partial charge in [-0.05, 0) is 31.4 Å². The fourth-order valence-corrected chi connectivity index (χ4v) is 1.64. The van der Waals surface area contributed by atoms with E-state index in [1.807, 2.05) is 0 Å². The Morgan fingerprint density at radius 1 is 1.40 bits per heavy atom. The molecule has 0 aliphatic rings. The molecule has 20 heavy (non-hydrogen) atoms. The average Bonchev–Trinajstić information content (AvgIpc) is 2.40. The third-order valence-electron chi connectivity index (χ3n) is 2.70. The molecule has 108 valence electrons. The van der Waals surface area contributed by atoms with E-state index in [4.69, 9.17) is 5.11 Å². The van der Waals surface area contributed by atoms with Crippen LogP contribution in [0.4, 0.5) is 8.78 Å². The van der Waals surface area contributed by atoms with Crippen LogP contribution in [0.15, 0.2) is 30.9 Å². The van der Waals surface area contributed by atoms with Crippen molar-refractivity contribution in [3.8, 4) is 0 Å². The van der Waals surface area contributed by atoms with Crippen molar-refractivity contribution in [2.45, 2.75) is 25.3 Å². The minimum atomic E-state index is -1.29. The molecule has 1 rings (SSSR count). The molecule has 1 aromatic carbocycles. The quantitative estimate of drug-likeness (QED) is 0.597. The molecule has 0 radical (unpaired) electrons. The molecule has 1 atom stereocenters. The molecular weight excluding hydrogens is 268 g/mol. The SMILES string of the molecule is C=CCCC[C@H](NC(=O)c1cccc(F)c1F)C(=O)O. The number of aliphatic carboxylic acids is 1. The van der Waals surface area contributed by atoms with Gasteiger partial charge in [0.2, 0.25) is 0 Å². The first-order valence-electron chi connectivity index (χ1n) is 6.06. The zero-order valence-corrected chi connectivity index (χ0v) is 10.7. The molecule has 0 saturated heterocycles. The van der Waals surface area contributed by atoms with Gasteiger partial charge in [0, 0.05) is 0 Å². The van der Waals surface area contributed by atoms with Gasteiger partial charge < -0.3 is 10.4 Å². The number of rotatable bonds is 7. The van der Waals surface area contributed by atoms with Gasteiger partial charge in [0.1, 0.15) is 6.04 Å². The predicted octanol–water partition coefficient (Wildman–Crippen LogP) is 2.50. The van der Waals surface area contributed by atoms with Crippen molar-refractivity contribution < 1.29 is 23.5 Å². The smallest absolute Gasteiger partial charge is 0.326 e. The molecule has 0 unspecified atom stereocenters. The normalized spacial score (nSPS) is 11.7. The average molecular weight is 283 g/mol. The molecule has 2 N–H and O–H groups in total. The number of amides is 1. The zero-order chi connectivity index (χ0) is 15.1. The molecule has 6 heteroatoms. The van der Waals surface area contributed by atoms with Crippen LogP contribution < -0.4 is 5.32 Å². The Morgan fingerprint density at radius 2 is 2.10 bits per heavy atom. The van der Waals surface area contributed by atoms with Crippen LogP contribution in [0.5, 0.6) is 0 Å². The molecule has 1 aromatic rings. The second-order valence-electron chi connectivity index (χ2n) is 4.19. The zero-order valence-electron chi connectivity index (χ0n) is 10.7. The summed E-state index contributed by atoms with van der Waals surface area (Å²) in [6.45, 7) is 3.51. The summed E-state index contributed by atoms with van der Waals surface area (Å²) in [5, 5.41) is 11.2. The summed E-state index contributed by atoms with van der Waals surface area (Å²) >= 11 is 0. The summed E-state index contributed by atoms with van der Waals surface area (Å²) in [4.78, 5) is 22.8. The van der Waals surface area contributed by atoms with Crippen LogP contribution in [-0.2, 0) is 4.79 Å². The molecule has 0 aromatic heterocycles. The molecule has 0 bridgehead atoms. The van der Waals surface area contributed by atoms with Crippen LogP contribution in [0.25, 0.3) is 0 Å². The second-order valence-corrected chi connectivity index (χ2v) is 4.19. The third-order valence-corrected chi connectivity index (χ3v) is 2.70. The van der Waals surface area contributed by atoms with Crippen molar-refractivity contribution in [2.75, 3.05) is 0 Å². The number of benzene rings is 1. The van der Waals surface area contributed by atoms with Crippen LogP contribution in [-0.4, -0.2) is 23.0 Å². The van der Waals surface area contributed by atoms with Gasteiger partial charge in [-0.2, -0.15) is 0 Å². The van der Waals surface area contributed by atoms with Crippen molar-refractivity contribution >= 4 is 11.9 Å². The highest BCUT2D eigenvalue weighted by Crippen LogP contribution is 2.12. The van der Waals surface area contributed by atoms with E-state index >= 15 is 0 Å². The Kier molecular flexibility index (Phi) is 5.83. The largest absolute Gasteiger partial charge is 0.480 e. The first-order valence-corrected chi connectivity index (χ1v) is 6.06. The molecule has 4 nitrogen and oxygen atoms in total. The standard InChI is InChI=1S/C14H15F2NO3/c1-2-3-4-8-11(14(19)20)17-13(18)9-6-5-7-10(15)12(9)16/h2,5-7,11H,1,3-4,8H2,(H,17,18)(H,19,20)/t11-/m0/s1. The number of halogens is 2. The Hall–Kier alpha value is -2.24. The highest BCUT2D eigenvalue weighted by atomic mass is 19.2. The van der Waals surface area contributed by atoms with Crippen molar-refractivity contribution in [1.29, 1.82) is 0 Å². The monoisotopic (exact) mass is 283 g/mol. The lowest BCUT2D eigenvalue weighted by molar-refractivity contribution is -0.139. The van der Waals surface area contributed by atoms with Gasteiger partial charge in [-0.1, -0.05) is 12.1 Å². The first-order chi connectivity index (χ1) is 9.47. The van der Waals surface area contributed by atoms with E-state index in [0.717, 1.165) is 12.1 Å². The van der Waals surface area contributed by atoms with Crippen LogP contribution >= 0.6 is 0 Å². The predicted molar refractivity (Wildman–Crippen MR) is 69.3 cm³/mol. The number of hydrogen-bond acceptors (Lipinski definition) is 2. The van der Waals surface area contributed by atoms with E-state index in [1.165, 1.54) is 6.07 Å². The minimum absolute atomic E-state index is 0.185. The number of allylic oxidation sites excluding steroid dienone is 1. The lowest BCUT2D eigenvalue weighted by atomic mass is 10.1. The molecule has 0 fully saturated rings. The van der Waals surface area contributed by atoms with Gasteiger partial charge in [-0.15, -0.1) is 6.58 Å². The van der Waals surface area contributed by atoms with Crippen molar-refractivity contribution in [3.05, 3.63) is 48.1 Å². The highest BCUT2D eigenvalue weighted by Gasteiger charge is 2.22. The molecule has 0 saturated carbocycles. The van der Waals surface area contributed by atoms with Gasteiger partial charge in [-0.3, -0.25) is 4.79 Å².